The first-order valence-electron chi connectivity index (χ1n) is 12.0. The Bertz CT molecular complexity index is 1010. The van der Waals surface area contributed by atoms with Gasteiger partial charge in [-0.3, -0.25) is 9.78 Å². The van der Waals surface area contributed by atoms with Crippen molar-refractivity contribution in [1.82, 2.24) is 19.8 Å². The van der Waals surface area contributed by atoms with Crippen LogP contribution >= 0.6 is 0 Å². The molecular formula is C25H33N5O4. The molecule has 0 spiro atoms. The number of aromatic nitrogens is 2. The lowest BCUT2D eigenvalue weighted by Crippen LogP contribution is -2.36. The summed E-state index contributed by atoms with van der Waals surface area (Å²) >= 11 is 0. The van der Waals surface area contributed by atoms with E-state index < -0.39 is 6.04 Å². The fourth-order valence-corrected chi connectivity index (χ4v) is 4.57. The normalized spacial score (nSPS) is 16.1. The summed E-state index contributed by atoms with van der Waals surface area (Å²) in [5.41, 5.74) is 3.08. The van der Waals surface area contributed by atoms with Crippen LogP contribution in [0.5, 0.6) is 5.75 Å². The van der Waals surface area contributed by atoms with E-state index in [0.29, 0.717) is 32.0 Å². The molecule has 0 aromatic carbocycles. The Labute approximate surface area is 200 Å². The monoisotopic (exact) mass is 467 g/mol. The van der Waals surface area contributed by atoms with Crippen LogP contribution < -0.4 is 10.1 Å². The highest BCUT2D eigenvalue weighted by molar-refractivity contribution is 5.78. The van der Waals surface area contributed by atoms with Crippen LogP contribution in [0.3, 0.4) is 0 Å². The number of esters is 1. The topological polar surface area (TPSA) is 96.9 Å². The predicted octanol–water partition coefficient (Wildman–Crippen LogP) is 3.21. The van der Waals surface area contributed by atoms with Crippen molar-refractivity contribution in [3.8, 4) is 5.75 Å². The number of hydrogen-bond acceptors (Lipinski definition) is 7. The Morgan fingerprint density at radius 2 is 2.15 bits per heavy atom. The molecule has 182 valence electrons. The molecule has 1 N–H and O–H groups in total. The Morgan fingerprint density at radius 3 is 2.97 bits per heavy atom. The van der Waals surface area contributed by atoms with Crippen LogP contribution in [-0.4, -0.2) is 71.7 Å². The van der Waals surface area contributed by atoms with Crippen LogP contribution in [0, 0.1) is 0 Å². The van der Waals surface area contributed by atoms with Gasteiger partial charge < -0.3 is 24.6 Å². The van der Waals surface area contributed by atoms with Gasteiger partial charge >= 0.3 is 12.0 Å². The maximum atomic E-state index is 13.3. The number of pyridine rings is 2. The molecule has 1 atom stereocenters. The lowest BCUT2D eigenvalue weighted by atomic mass is 10.0. The van der Waals surface area contributed by atoms with Gasteiger partial charge in [-0.05, 0) is 55.9 Å². The maximum absolute atomic E-state index is 13.3. The first kappa shape index (κ1) is 23.8. The lowest BCUT2D eigenvalue weighted by Gasteiger charge is -2.28. The van der Waals surface area contributed by atoms with E-state index in [-0.39, 0.29) is 18.4 Å². The number of anilines is 1. The van der Waals surface area contributed by atoms with E-state index in [4.69, 9.17) is 14.5 Å². The van der Waals surface area contributed by atoms with Crippen molar-refractivity contribution in [1.29, 1.82) is 0 Å². The number of rotatable bonds is 10. The predicted molar refractivity (Wildman–Crippen MR) is 128 cm³/mol. The number of amides is 2. The van der Waals surface area contributed by atoms with E-state index in [9.17, 15) is 9.59 Å². The average Bonchev–Trinajstić information content (AvgIpc) is 3.22. The van der Waals surface area contributed by atoms with Gasteiger partial charge in [-0.25, -0.2) is 9.78 Å². The molecule has 0 radical (unpaired) electrons. The summed E-state index contributed by atoms with van der Waals surface area (Å²) in [6.45, 7) is 4.85. The lowest BCUT2D eigenvalue weighted by molar-refractivity contribution is -0.144. The summed E-state index contributed by atoms with van der Waals surface area (Å²) in [5, 5.41) is 3.37. The largest absolute Gasteiger partial charge is 0.495 e. The molecule has 0 bridgehead atoms. The molecule has 34 heavy (non-hydrogen) atoms. The van der Waals surface area contributed by atoms with E-state index in [1.165, 1.54) is 5.56 Å². The number of nitrogens with one attached hydrogen (secondary N) is 1. The van der Waals surface area contributed by atoms with Crippen molar-refractivity contribution < 1.29 is 19.1 Å². The van der Waals surface area contributed by atoms with Crippen molar-refractivity contribution in [2.75, 3.05) is 45.2 Å². The number of nitrogens with zero attached hydrogens (tertiary/aromatic N) is 4. The minimum absolute atomic E-state index is 0.0721. The van der Waals surface area contributed by atoms with E-state index in [0.717, 1.165) is 49.3 Å². The SMILES string of the molecule is CCOC(=O)C[C@@H](c1cncc(OC)c1)N1CCN(CCCc2ccc3c(n2)NCCC3)C1=O. The third-order valence-corrected chi connectivity index (χ3v) is 6.34. The zero-order valence-corrected chi connectivity index (χ0v) is 20.0. The zero-order valence-electron chi connectivity index (χ0n) is 20.0. The third-order valence-electron chi connectivity index (χ3n) is 6.34. The Hall–Kier alpha value is -3.36. The number of carbonyl (C=O) groups is 2. The molecule has 9 nitrogen and oxygen atoms in total. The summed E-state index contributed by atoms with van der Waals surface area (Å²) in [6.07, 6.45) is 7.22. The van der Waals surface area contributed by atoms with E-state index >= 15 is 0 Å². The van der Waals surface area contributed by atoms with Gasteiger partial charge in [0.05, 0.1) is 32.4 Å². The summed E-state index contributed by atoms with van der Waals surface area (Å²) in [4.78, 5) is 38.2. The highest BCUT2D eigenvalue weighted by Crippen LogP contribution is 2.30. The first-order chi connectivity index (χ1) is 16.6. The molecular weight excluding hydrogens is 434 g/mol. The van der Waals surface area contributed by atoms with Gasteiger partial charge in [-0.2, -0.15) is 0 Å². The van der Waals surface area contributed by atoms with Crippen LogP contribution in [0.1, 0.15) is 49.0 Å². The van der Waals surface area contributed by atoms with E-state index in [2.05, 4.69) is 22.4 Å². The summed E-state index contributed by atoms with van der Waals surface area (Å²) < 4.78 is 10.5. The molecule has 2 aromatic rings. The highest BCUT2D eigenvalue weighted by Gasteiger charge is 2.36. The number of ether oxygens (including phenoxy) is 2. The average molecular weight is 468 g/mol. The van der Waals surface area contributed by atoms with Gasteiger partial charge in [0.15, 0.2) is 0 Å². The molecule has 0 saturated carbocycles. The fraction of sp³-hybridized carbons (Fsp3) is 0.520. The quantitative estimate of drug-likeness (QED) is 0.536. The van der Waals surface area contributed by atoms with Crippen LogP contribution in [0.4, 0.5) is 10.6 Å². The standard InChI is InChI=1S/C25H33N5O4/c1-3-34-23(31)15-22(19-14-21(33-2)17-26-16-19)30-13-12-29(25(30)32)11-5-7-20-9-8-18-6-4-10-27-24(18)28-20/h8-9,14,16-17,22H,3-7,10-13,15H2,1-2H3,(H,27,28)/t22-/m0/s1. The number of fused-ring (bicyclic) bond motifs is 1. The third kappa shape index (κ3) is 5.58. The molecule has 0 unspecified atom stereocenters. The summed E-state index contributed by atoms with van der Waals surface area (Å²) in [5.74, 6) is 1.25. The molecule has 2 amide bonds. The van der Waals surface area contributed by atoms with Crippen molar-refractivity contribution in [2.45, 2.75) is 45.1 Å². The summed E-state index contributed by atoms with van der Waals surface area (Å²) in [7, 11) is 1.57. The number of carbonyl (C=O) groups excluding carboxylic acids is 2. The molecule has 1 fully saturated rings. The van der Waals surface area contributed by atoms with Gasteiger partial charge in [0.25, 0.3) is 0 Å². The minimum atomic E-state index is -0.451. The van der Waals surface area contributed by atoms with Gasteiger partial charge in [-0.1, -0.05) is 6.07 Å². The number of urea groups is 1. The van der Waals surface area contributed by atoms with Crippen molar-refractivity contribution in [3.63, 3.8) is 0 Å². The second-order valence-electron chi connectivity index (χ2n) is 8.59. The van der Waals surface area contributed by atoms with E-state index in [1.54, 1.807) is 31.3 Å². The summed E-state index contributed by atoms with van der Waals surface area (Å²) in [6, 6.07) is 5.55. The molecule has 4 heterocycles. The number of methoxy groups -OCH3 is 1. The number of aryl methyl sites for hydroxylation is 2. The number of hydrogen-bond donors (Lipinski definition) is 1. The fourth-order valence-electron chi connectivity index (χ4n) is 4.57. The first-order valence-corrected chi connectivity index (χ1v) is 12.0. The van der Waals surface area contributed by atoms with E-state index in [1.807, 2.05) is 11.0 Å². The van der Waals surface area contributed by atoms with Crippen molar-refractivity contribution in [3.05, 3.63) is 47.4 Å². The van der Waals surface area contributed by atoms with Crippen LogP contribution in [0.25, 0.3) is 0 Å². The smallest absolute Gasteiger partial charge is 0.320 e. The van der Waals surface area contributed by atoms with Gasteiger partial charge in [0.1, 0.15) is 11.6 Å². The zero-order chi connectivity index (χ0) is 23.9. The Morgan fingerprint density at radius 1 is 1.26 bits per heavy atom. The van der Waals surface area contributed by atoms with Crippen LogP contribution in [0.15, 0.2) is 30.6 Å². The van der Waals surface area contributed by atoms with Crippen LogP contribution in [0.2, 0.25) is 0 Å². The Kier molecular flexibility index (Phi) is 7.82. The molecule has 1 saturated heterocycles. The molecule has 4 rings (SSSR count). The molecule has 2 aromatic heterocycles. The van der Waals surface area contributed by atoms with Crippen molar-refractivity contribution in [2.24, 2.45) is 0 Å². The molecule has 2 aliphatic heterocycles. The van der Waals surface area contributed by atoms with Gasteiger partial charge in [0, 0.05) is 38.1 Å². The van der Waals surface area contributed by atoms with Gasteiger partial charge in [0.2, 0.25) is 0 Å². The van der Waals surface area contributed by atoms with Crippen LogP contribution in [-0.2, 0) is 22.4 Å². The van der Waals surface area contributed by atoms with Gasteiger partial charge in [-0.15, -0.1) is 0 Å². The molecule has 0 aliphatic carbocycles. The second-order valence-corrected chi connectivity index (χ2v) is 8.59. The Balaban J connectivity index is 1.39. The minimum Gasteiger partial charge on any atom is -0.495 e. The molecule has 2 aliphatic rings. The maximum Gasteiger partial charge on any atom is 0.320 e. The highest BCUT2D eigenvalue weighted by atomic mass is 16.5. The second kappa shape index (κ2) is 11.2. The molecule has 9 heteroatoms. The van der Waals surface area contributed by atoms with Crippen molar-refractivity contribution >= 4 is 17.8 Å².